The molecule has 2 aromatic rings. The molecule has 0 spiro atoms. The zero-order valence-corrected chi connectivity index (χ0v) is 17.6. The van der Waals surface area contributed by atoms with E-state index >= 15 is 0 Å². The molecule has 150 valence electrons. The number of rotatable bonds is 3. The second-order valence-electron chi connectivity index (χ2n) is 7.05. The van der Waals surface area contributed by atoms with Gasteiger partial charge in [0.1, 0.15) is 15.8 Å². The van der Waals surface area contributed by atoms with E-state index in [1.54, 1.807) is 12.1 Å². The van der Waals surface area contributed by atoms with Crippen molar-refractivity contribution < 1.29 is 14.0 Å². The summed E-state index contributed by atoms with van der Waals surface area (Å²) in [5.74, 6) is 0.933. The highest BCUT2D eigenvalue weighted by molar-refractivity contribution is 8.26. The highest BCUT2D eigenvalue weighted by Crippen LogP contribution is 2.30. The van der Waals surface area contributed by atoms with E-state index in [9.17, 15) is 9.59 Å². The van der Waals surface area contributed by atoms with Gasteiger partial charge in [0, 0.05) is 31.3 Å². The summed E-state index contributed by atoms with van der Waals surface area (Å²) in [5.41, 5.74) is 1.37. The van der Waals surface area contributed by atoms with Gasteiger partial charge in [0.2, 0.25) is 0 Å². The number of benzene rings is 1. The first kappa shape index (κ1) is 19.9. The van der Waals surface area contributed by atoms with Crippen molar-refractivity contribution in [1.82, 2.24) is 15.1 Å². The average Bonchev–Trinajstić information content (AvgIpc) is 3.22. The van der Waals surface area contributed by atoms with Gasteiger partial charge in [0.25, 0.3) is 11.8 Å². The molecule has 1 aromatic carbocycles. The number of amides is 2. The molecule has 2 saturated heterocycles. The molecule has 1 aromatic heterocycles. The van der Waals surface area contributed by atoms with Gasteiger partial charge in [-0.25, -0.2) is 0 Å². The average molecular weight is 428 g/mol. The highest BCUT2D eigenvalue weighted by Gasteiger charge is 2.24. The van der Waals surface area contributed by atoms with Crippen LogP contribution in [-0.4, -0.2) is 59.2 Å². The van der Waals surface area contributed by atoms with E-state index in [2.05, 4.69) is 17.3 Å². The molecule has 2 aliphatic rings. The minimum Gasteiger partial charge on any atom is -0.457 e. The SMILES string of the molecule is CN1CCCN(C(=O)c2ccccc2-c2ccc(C=C3SC(=S)NC3=O)o2)CC1. The monoisotopic (exact) mass is 427 g/mol. The van der Waals surface area contributed by atoms with E-state index in [1.807, 2.05) is 35.2 Å². The number of thiocarbonyl (C=S) groups is 1. The van der Waals surface area contributed by atoms with Crippen LogP contribution in [0.5, 0.6) is 0 Å². The molecule has 8 heteroatoms. The molecular weight excluding hydrogens is 406 g/mol. The van der Waals surface area contributed by atoms with Crippen LogP contribution in [0, 0.1) is 0 Å². The number of likely N-dealkylation sites (N-methyl/N-ethyl adjacent to an activating group) is 1. The summed E-state index contributed by atoms with van der Waals surface area (Å²) in [6, 6.07) is 11.1. The first-order valence-electron chi connectivity index (χ1n) is 9.43. The maximum absolute atomic E-state index is 13.2. The number of hydrogen-bond acceptors (Lipinski definition) is 6. The van der Waals surface area contributed by atoms with Gasteiger partial charge in [-0.3, -0.25) is 9.59 Å². The number of furan rings is 1. The van der Waals surface area contributed by atoms with E-state index in [0.717, 1.165) is 31.6 Å². The summed E-state index contributed by atoms with van der Waals surface area (Å²) in [6.07, 6.45) is 2.63. The van der Waals surface area contributed by atoms with Crippen molar-refractivity contribution in [1.29, 1.82) is 0 Å². The van der Waals surface area contributed by atoms with Gasteiger partial charge >= 0.3 is 0 Å². The molecule has 0 saturated carbocycles. The van der Waals surface area contributed by atoms with Gasteiger partial charge in [-0.15, -0.1) is 0 Å². The van der Waals surface area contributed by atoms with Gasteiger partial charge in [0.05, 0.1) is 10.5 Å². The summed E-state index contributed by atoms with van der Waals surface area (Å²) in [5, 5.41) is 2.59. The minimum atomic E-state index is -0.223. The zero-order valence-electron chi connectivity index (χ0n) is 16.0. The highest BCUT2D eigenvalue weighted by atomic mass is 32.2. The van der Waals surface area contributed by atoms with Crippen LogP contribution < -0.4 is 5.32 Å². The predicted molar refractivity (Wildman–Crippen MR) is 118 cm³/mol. The normalized spacial score (nSPS) is 19.5. The summed E-state index contributed by atoms with van der Waals surface area (Å²) in [7, 11) is 2.08. The number of carbonyl (C=O) groups is 2. The van der Waals surface area contributed by atoms with E-state index in [1.165, 1.54) is 11.8 Å². The Morgan fingerprint density at radius 2 is 2.00 bits per heavy atom. The number of nitrogens with zero attached hydrogens (tertiary/aromatic N) is 2. The maximum atomic E-state index is 13.2. The Morgan fingerprint density at radius 1 is 1.17 bits per heavy atom. The topological polar surface area (TPSA) is 65.8 Å². The number of carbonyl (C=O) groups excluding carboxylic acids is 2. The Bertz CT molecular complexity index is 999. The zero-order chi connectivity index (χ0) is 20.4. The van der Waals surface area contributed by atoms with Crippen LogP contribution >= 0.6 is 24.0 Å². The largest absolute Gasteiger partial charge is 0.457 e. The van der Waals surface area contributed by atoms with Crippen molar-refractivity contribution in [3.8, 4) is 11.3 Å². The molecule has 0 bridgehead atoms. The molecular formula is C21H21N3O3S2. The molecule has 6 nitrogen and oxygen atoms in total. The molecule has 2 aliphatic heterocycles. The Balaban J connectivity index is 1.60. The van der Waals surface area contributed by atoms with Gasteiger partial charge in [-0.1, -0.05) is 42.2 Å². The second kappa shape index (κ2) is 8.52. The lowest BCUT2D eigenvalue weighted by Crippen LogP contribution is -2.34. The van der Waals surface area contributed by atoms with E-state index in [4.69, 9.17) is 16.6 Å². The van der Waals surface area contributed by atoms with Crippen molar-refractivity contribution >= 4 is 46.2 Å². The third-order valence-electron chi connectivity index (χ3n) is 4.97. The molecule has 0 radical (unpaired) electrons. The Morgan fingerprint density at radius 3 is 2.79 bits per heavy atom. The van der Waals surface area contributed by atoms with Crippen molar-refractivity contribution in [3.05, 3.63) is 52.6 Å². The summed E-state index contributed by atoms with van der Waals surface area (Å²) < 4.78 is 6.38. The smallest absolute Gasteiger partial charge is 0.263 e. The lowest BCUT2D eigenvalue weighted by molar-refractivity contribution is -0.115. The van der Waals surface area contributed by atoms with Crippen LogP contribution in [-0.2, 0) is 4.79 Å². The van der Waals surface area contributed by atoms with Crippen LogP contribution in [0.25, 0.3) is 17.4 Å². The van der Waals surface area contributed by atoms with E-state index in [0.29, 0.717) is 32.9 Å². The van der Waals surface area contributed by atoms with E-state index < -0.39 is 0 Å². The Kier molecular flexibility index (Phi) is 5.84. The van der Waals surface area contributed by atoms with E-state index in [-0.39, 0.29) is 11.8 Å². The third kappa shape index (κ3) is 4.44. The van der Waals surface area contributed by atoms with Crippen LogP contribution in [0.2, 0.25) is 0 Å². The predicted octanol–water partition coefficient (Wildman–Crippen LogP) is 3.21. The minimum absolute atomic E-state index is 0.0169. The van der Waals surface area contributed by atoms with Crippen molar-refractivity contribution in [2.45, 2.75) is 6.42 Å². The van der Waals surface area contributed by atoms with Gasteiger partial charge < -0.3 is 19.5 Å². The summed E-state index contributed by atoms with van der Waals surface area (Å²) in [6.45, 7) is 3.33. The molecule has 2 fully saturated rings. The molecule has 4 rings (SSSR count). The first-order chi connectivity index (χ1) is 14.0. The number of nitrogens with one attached hydrogen (secondary N) is 1. The fourth-order valence-corrected chi connectivity index (χ4v) is 4.45. The molecule has 2 amide bonds. The maximum Gasteiger partial charge on any atom is 0.263 e. The first-order valence-corrected chi connectivity index (χ1v) is 10.7. The lowest BCUT2D eigenvalue weighted by Gasteiger charge is -2.21. The fraction of sp³-hybridized carbons (Fsp3) is 0.286. The third-order valence-corrected chi connectivity index (χ3v) is 6.13. The summed E-state index contributed by atoms with van der Waals surface area (Å²) in [4.78, 5) is 29.7. The molecule has 0 unspecified atom stereocenters. The quantitative estimate of drug-likeness (QED) is 0.599. The Labute approximate surface area is 178 Å². The van der Waals surface area contributed by atoms with Crippen LogP contribution in [0.3, 0.4) is 0 Å². The molecule has 0 atom stereocenters. The fourth-order valence-electron chi connectivity index (χ4n) is 3.43. The van der Waals surface area contributed by atoms with Gasteiger partial charge in [-0.2, -0.15) is 0 Å². The molecule has 29 heavy (non-hydrogen) atoms. The second-order valence-corrected chi connectivity index (χ2v) is 8.77. The molecule has 1 N–H and O–H groups in total. The van der Waals surface area contributed by atoms with Gasteiger partial charge in [-0.05, 0) is 38.2 Å². The van der Waals surface area contributed by atoms with Gasteiger partial charge in [0.15, 0.2) is 0 Å². The van der Waals surface area contributed by atoms with Crippen molar-refractivity contribution in [2.24, 2.45) is 0 Å². The Hall–Kier alpha value is -2.42. The standard InChI is InChI=1S/C21H21N3O3S2/c1-23-9-4-10-24(12-11-23)20(26)16-6-3-2-5-15(16)17-8-7-14(27-17)13-18-19(25)22-21(28)29-18/h2-3,5-8,13H,4,9-12H2,1H3,(H,22,25,28). The van der Waals surface area contributed by atoms with Crippen LogP contribution in [0.4, 0.5) is 0 Å². The number of thioether (sulfide) groups is 1. The van der Waals surface area contributed by atoms with Crippen LogP contribution in [0.15, 0.2) is 45.7 Å². The summed E-state index contributed by atoms with van der Waals surface area (Å²) >= 11 is 6.22. The lowest BCUT2D eigenvalue weighted by atomic mass is 10.0. The molecule has 0 aliphatic carbocycles. The van der Waals surface area contributed by atoms with Crippen molar-refractivity contribution in [3.63, 3.8) is 0 Å². The van der Waals surface area contributed by atoms with Crippen molar-refractivity contribution in [2.75, 3.05) is 33.2 Å². The van der Waals surface area contributed by atoms with Crippen LogP contribution in [0.1, 0.15) is 22.5 Å². The molecule has 3 heterocycles. The number of hydrogen-bond donors (Lipinski definition) is 1.